The Kier molecular flexibility index (Phi) is 10.1. The maximum Gasteiger partial charge on any atom is 0.0212 e. The van der Waals surface area contributed by atoms with Gasteiger partial charge < -0.3 is 9.80 Å². The molecule has 1 spiro atoms. The van der Waals surface area contributed by atoms with E-state index in [-0.39, 0.29) is 5.54 Å². The van der Waals surface area contributed by atoms with Crippen molar-refractivity contribution in [2.24, 2.45) is 16.2 Å². The van der Waals surface area contributed by atoms with Crippen molar-refractivity contribution in [1.29, 1.82) is 0 Å². The molecule has 5 heterocycles. The van der Waals surface area contributed by atoms with Gasteiger partial charge in [0.25, 0.3) is 0 Å². The summed E-state index contributed by atoms with van der Waals surface area (Å²) >= 11 is 0. The van der Waals surface area contributed by atoms with Gasteiger partial charge in [0.15, 0.2) is 0 Å². The van der Waals surface area contributed by atoms with E-state index in [4.69, 9.17) is 0 Å². The monoisotopic (exact) mass is 615 g/mol. The fourth-order valence-corrected chi connectivity index (χ4v) is 10.2. The van der Waals surface area contributed by atoms with Gasteiger partial charge in [-0.25, -0.2) is 0 Å². The first-order valence-corrected chi connectivity index (χ1v) is 18.7. The van der Waals surface area contributed by atoms with Crippen molar-refractivity contribution in [3.8, 4) is 0 Å². The summed E-state index contributed by atoms with van der Waals surface area (Å²) in [6.07, 6.45) is 6.70. The maximum absolute atomic E-state index is 2.86. The molecule has 4 atom stereocenters. The van der Waals surface area contributed by atoms with Gasteiger partial charge in [-0.05, 0) is 104 Å². The highest BCUT2D eigenvalue weighted by Gasteiger charge is 2.56. The Morgan fingerprint density at radius 1 is 0.568 bits per heavy atom. The van der Waals surface area contributed by atoms with Crippen molar-refractivity contribution < 1.29 is 0 Å². The van der Waals surface area contributed by atoms with E-state index in [9.17, 15) is 0 Å². The molecule has 0 amide bonds. The highest BCUT2D eigenvalue weighted by atomic mass is 15.4. The molecule has 5 aliphatic heterocycles. The molecule has 5 aliphatic rings. The Bertz CT molecular complexity index is 939. The summed E-state index contributed by atoms with van der Waals surface area (Å²) < 4.78 is 0. The number of likely N-dealkylation sites (tertiary alicyclic amines) is 4. The molecule has 0 aliphatic carbocycles. The fourth-order valence-electron chi connectivity index (χ4n) is 10.2. The molecule has 0 aromatic carbocycles. The molecule has 0 bridgehead atoms. The van der Waals surface area contributed by atoms with Crippen LogP contribution in [0.5, 0.6) is 0 Å². The number of rotatable bonds is 8. The van der Waals surface area contributed by atoms with Crippen molar-refractivity contribution in [3.63, 3.8) is 0 Å². The fraction of sp³-hybridized carbons (Fsp3) is 1.00. The van der Waals surface area contributed by atoms with E-state index in [0.29, 0.717) is 27.8 Å². The van der Waals surface area contributed by atoms with Crippen molar-refractivity contribution >= 4 is 0 Å². The molecule has 5 fully saturated rings. The second-order valence-electron chi connectivity index (χ2n) is 20.2. The summed E-state index contributed by atoms with van der Waals surface area (Å²) in [5, 5.41) is 0. The average Bonchev–Trinajstić information content (AvgIpc) is 2.83. The summed E-state index contributed by atoms with van der Waals surface area (Å²) in [6, 6.07) is 3.00. The number of piperidine rings is 2. The summed E-state index contributed by atoms with van der Waals surface area (Å²) in [5.41, 5.74) is 1.89. The zero-order valence-corrected chi connectivity index (χ0v) is 31.5. The third kappa shape index (κ3) is 8.24. The largest absolute Gasteiger partial charge is 0.300 e. The lowest BCUT2D eigenvalue weighted by molar-refractivity contribution is -0.170. The zero-order valence-electron chi connectivity index (χ0n) is 31.5. The van der Waals surface area contributed by atoms with Crippen LogP contribution in [0.4, 0.5) is 0 Å². The SMILES string of the molecule is C[C@@H]1CC(N2CC3(C2)CN(C(C)(C)CC(C)(C)CN2CCC(N4CCN(C(C)(C)C)CC4)C[C@@H]2C)C3)CCN1CC(C)(C)C. The molecule has 0 saturated carbocycles. The predicted octanol–water partition coefficient (Wildman–Crippen LogP) is 5.97. The number of piperazine rings is 1. The van der Waals surface area contributed by atoms with Gasteiger partial charge in [-0.15, -0.1) is 0 Å². The molecule has 2 unspecified atom stereocenters. The van der Waals surface area contributed by atoms with Gasteiger partial charge in [0.05, 0.1) is 0 Å². The second kappa shape index (κ2) is 12.7. The number of nitrogens with zero attached hydrogens (tertiary/aromatic N) is 6. The molecule has 6 nitrogen and oxygen atoms in total. The van der Waals surface area contributed by atoms with Crippen LogP contribution >= 0.6 is 0 Å². The lowest BCUT2D eigenvalue weighted by atomic mass is 9.67. The third-order valence-corrected chi connectivity index (χ3v) is 12.5. The van der Waals surface area contributed by atoms with Crippen LogP contribution in [-0.2, 0) is 0 Å². The van der Waals surface area contributed by atoms with Gasteiger partial charge in [-0.1, -0.05) is 34.6 Å². The van der Waals surface area contributed by atoms with E-state index in [1.54, 1.807) is 0 Å². The molecule has 256 valence electrons. The molecule has 6 heteroatoms. The summed E-state index contributed by atoms with van der Waals surface area (Å²) in [6.45, 7) is 44.7. The molecular formula is C38H74N6. The Morgan fingerprint density at radius 3 is 1.55 bits per heavy atom. The Morgan fingerprint density at radius 2 is 1.07 bits per heavy atom. The summed E-state index contributed by atoms with van der Waals surface area (Å²) in [4.78, 5) is 16.8. The molecule has 5 rings (SSSR count). The second-order valence-corrected chi connectivity index (χ2v) is 20.2. The molecule has 44 heavy (non-hydrogen) atoms. The van der Waals surface area contributed by atoms with Crippen molar-refractivity contribution in [2.45, 2.75) is 150 Å². The highest BCUT2D eigenvalue weighted by Crippen LogP contribution is 2.47. The van der Waals surface area contributed by atoms with Crippen LogP contribution in [0.15, 0.2) is 0 Å². The van der Waals surface area contributed by atoms with Crippen molar-refractivity contribution in [1.82, 2.24) is 29.4 Å². The van der Waals surface area contributed by atoms with E-state index in [1.165, 1.54) is 111 Å². The molecule has 0 aromatic rings. The van der Waals surface area contributed by atoms with Crippen LogP contribution in [-0.4, -0.2) is 143 Å². The lowest BCUT2D eigenvalue weighted by Gasteiger charge is -2.66. The van der Waals surface area contributed by atoms with Gasteiger partial charge in [0, 0.05) is 106 Å². The van der Waals surface area contributed by atoms with E-state index in [0.717, 1.165) is 18.1 Å². The molecule has 5 saturated heterocycles. The van der Waals surface area contributed by atoms with Crippen molar-refractivity contribution in [3.05, 3.63) is 0 Å². The Labute approximate surface area is 274 Å². The van der Waals surface area contributed by atoms with Crippen LogP contribution in [0.25, 0.3) is 0 Å². The minimum absolute atomic E-state index is 0.274. The minimum atomic E-state index is 0.274. The van der Waals surface area contributed by atoms with E-state index >= 15 is 0 Å². The van der Waals surface area contributed by atoms with Crippen LogP contribution in [0.3, 0.4) is 0 Å². The summed E-state index contributed by atoms with van der Waals surface area (Å²) in [5.74, 6) is 0. The number of hydrogen-bond donors (Lipinski definition) is 0. The van der Waals surface area contributed by atoms with Crippen LogP contribution in [0.2, 0.25) is 0 Å². The zero-order chi connectivity index (χ0) is 32.3. The van der Waals surface area contributed by atoms with E-state index in [1.807, 2.05) is 0 Å². The highest BCUT2D eigenvalue weighted by molar-refractivity contribution is 5.11. The van der Waals surface area contributed by atoms with Crippen LogP contribution in [0, 0.1) is 16.2 Å². The molecule has 0 aromatic heterocycles. The van der Waals surface area contributed by atoms with Gasteiger partial charge in [-0.2, -0.15) is 0 Å². The normalized spacial score (nSPS) is 33.0. The van der Waals surface area contributed by atoms with Gasteiger partial charge in [-0.3, -0.25) is 19.6 Å². The quantitative estimate of drug-likeness (QED) is 0.333. The van der Waals surface area contributed by atoms with Crippen LogP contribution < -0.4 is 0 Å². The smallest absolute Gasteiger partial charge is 0.0212 e. The van der Waals surface area contributed by atoms with E-state index in [2.05, 4.69) is 112 Å². The van der Waals surface area contributed by atoms with Gasteiger partial charge >= 0.3 is 0 Å². The lowest BCUT2D eigenvalue weighted by Crippen LogP contribution is -2.76. The van der Waals surface area contributed by atoms with E-state index < -0.39 is 0 Å². The Hall–Kier alpha value is -0.240. The topological polar surface area (TPSA) is 19.4 Å². The minimum Gasteiger partial charge on any atom is -0.300 e. The van der Waals surface area contributed by atoms with Crippen LogP contribution in [0.1, 0.15) is 115 Å². The van der Waals surface area contributed by atoms with Gasteiger partial charge in [0.2, 0.25) is 0 Å². The summed E-state index contributed by atoms with van der Waals surface area (Å²) in [7, 11) is 0. The average molecular weight is 615 g/mol. The first-order chi connectivity index (χ1) is 20.2. The first kappa shape index (κ1) is 35.1. The number of hydrogen-bond acceptors (Lipinski definition) is 6. The third-order valence-electron chi connectivity index (χ3n) is 12.5. The van der Waals surface area contributed by atoms with Crippen molar-refractivity contribution in [2.75, 3.05) is 78.5 Å². The predicted molar refractivity (Wildman–Crippen MR) is 189 cm³/mol. The first-order valence-electron chi connectivity index (χ1n) is 18.7. The maximum atomic E-state index is 2.86. The molecule has 0 N–H and O–H groups in total. The standard InChI is InChI=1S/C38H74N6/c1-30-22-33(14-15-40(30)24-34(3,4)5)42-26-38(27-42)28-44(29-38)37(11,12)23-36(9,10)25-41-16-13-32(21-31(41)2)39-17-19-43(20-18-39)35(6,7)8/h30-33H,13-29H2,1-12H3/t30-,31+,32?,33?/m1/s1. The Balaban J connectivity index is 1.03. The van der Waals surface area contributed by atoms with Gasteiger partial charge in [0.1, 0.15) is 0 Å². The molecule has 0 radical (unpaired) electrons. The molecular weight excluding hydrogens is 540 g/mol.